The minimum absolute atomic E-state index is 0.0716. The summed E-state index contributed by atoms with van der Waals surface area (Å²) in [5.41, 5.74) is 0. The van der Waals surface area contributed by atoms with E-state index in [1.807, 2.05) is 0 Å². The molecular formula is C51H95NO5. The summed E-state index contributed by atoms with van der Waals surface area (Å²) in [5.74, 6) is -0.494. The molecule has 0 aromatic carbocycles. The first-order chi connectivity index (χ1) is 28.0. The van der Waals surface area contributed by atoms with Crippen molar-refractivity contribution in [2.24, 2.45) is 0 Å². The molecule has 57 heavy (non-hydrogen) atoms. The van der Waals surface area contributed by atoms with E-state index in [0.29, 0.717) is 19.3 Å². The average Bonchev–Trinajstić information content (AvgIpc) is 3.20. The number of rotatable bonds is 44. The first-order valence-corrected chi connectivity index (χ1v) is 24.7. The number of aliphatic hydroxyl groups is 2. The highest BCUT2D eigenvalue weighted by Gasteiger charge is 2.24. The minimum atomic E-state index is -0.787. The molecule has 3 atom stereocenters. The van der Waals surface area contributed by atoms with Gasteiger partial charge in [0.25, 0.3) is 0 Å². The number of carbonyl (C=O) groups is 2. The Morgan fingerprint density at radius 3 is 1.42 bits per heavy atom. The fourth-order valence-electron chi connectivity index (χ4n) is 7.55. The van der Waals surface area contributed by atoms with E-state index in [9.17, 15) is 19.8 Å². The SMILES string of the molecule is CC/C=C/C=C/C=C\CCCCCCCC(=O)OC(CCCCCCCCCC)CC(=O)NC(CO)C(O)CCCCCCCCCCCCCCCCCCC. The Bertz CT molecular complexity index is 946. The lowest BCUT2D eigenvalue weighted by molar-refractivity contribution is -0.151. The highest BCUT2D eigenvalue weighted by molar-refractivity contribution is 5.77. The van der Waals surface area contributed by atoms with Gasteiger partial charge in [0.1, 0.15) is 6.10 Å². The third-order valence-corrected chi connectivity index (χ3v) is 11.3. The monoisotopic (exact) mass is 802 g/mol. The number of hydrogen-bond acceptors (Lipinski definition) is 5. The molecule has 0 bridgehead atoms. The Morgan fingerprint density at radius 2 is 0.947 bits per heavy atom. The number of hydrogen-bond donors (Lipinski definition) is 3. The lowest BCUT2D eigenvalue weighted by Crippen LogP contribution is -2.46. The number of nitrogens with one attached hydrogen (secondary N) is 1. The van der Waals surface area contributed by atoms with E-state index in [2.05, 4.69) is 62.5 Å². The summed E-state index contributed by atoms with van der Waals surface area (Å²) in [5, 5.41) is 23.7. The van der Waals surface area contributed by atoms with Gasteiger partial charge in [-0.2, -0.15) is 0 Å². The Morgan fingerprint density at radius 1 is 0.526 bits per heavy atom. The number of amides is 1. The summed E-state index contributed by atoms with van der Waals surface area (Å²) in [7, 11) is 0. The van der Waals surface area contributed by atoms with Crippen molar-refractivity contribution in [3.63, 3.8) is 0 Å². The molecule has 6 nitrogen and oxygen atoms in total. The Hall–Kier alpha value is -1.92. The quantitative estimate of drug-likeness (QED) is 0.0324. The van der Waals surface area contributed by atoms with Crippen LogP contribution >= 0.6 is 0 Å². The Balaban J connectivity index is 4.40. The van der Waals surface area contributed by atoms with Crippen LogP contribution < -0.4 is 5.32 Å². The van der Waals surface area contributed by atoms with Gasteiger partial charge in [0.05, 0.1) is 25.2 Å². The summed E-state index contributed by atoms with van der Waals surface area (Å²) in [6.07, 6.45) is 52.1. The number of carbonyl (C=O) groups excluding carboxylic acids is 2. The van der Waals surface area contributed by atoms with Crippen LogP contribution in [0.4, 0.5) is 0 Å². The van der Waals surface area contributed by atoms with E-state index in [1.54, 1.807) is 0 Å². The van der Waals surface area contributed by atoms with Crippen molar-refractivity contribution < 1.29 is 24.5 Å². The molecule has 0 rings (SSSR count). The van der Waals surface area contributed by atoms with E-state index >= 15 is 0 Å². The molecule has 0 aliphatic carbocycles. The molecule has 1 amide bonds. The van der Waals surface area contributed by atoms with E-state index in [-0.39, 0.29) is 24.9 Å². The van der Waals surface area contributed by atoms with E-state index in [1.165, 1.54) is 128 Å². The van der Waals surface area contributed by atoms with Gasteiger partial charge in [0.15, 0.2) is 0 Å². The van der Waals surface area contributed by atoms with Crippen molar-refractivity contribution in [2.45, 2.75) is 270 Å². The second kappa shape index (κ2) is 45.2. The van der Waals surface area contributed by atoms with E-state index in [4.69, 9.17) is 4.74 Å². The number of unbranched alkanes of at least 4 members (excludes halogenated alkanes) is 28. The zero-order chi connectivity index (χ0) is 41.7. The second-order valence-electron chi connectivity index (χ2n) is 16.9. The highest BCUT2D eigenvalue weighted by Crippen LogP contribution is 2.18. The molecule has 0 heterocycles. The predicted molar refractivity (Wildman–Crippen MR) is 246 cm³/mol. The third-order valence-electron chi connectivity index (χ3n) is 11.3. The molecule has 0 saturated heterocycles. The number of esters is 1. The number of ether oxygens (including phenoxy) is 1. The van der Waals surface area contributed by atoms with Crippen molar-refractivity contribution in [3.8, 4) is 0 Å². The van der Waals surface area contributed by atoms with Crippen molar-refractivity contribution in [1.29, 1.82) is 0 Å². The first kappa shape index (κ1) is 55.1. The Labute approximate surface area is 353 Å². The lowest BCUT2D eigenvalue weighted by atomic mass is 10.0. The molecule has 3 N–H and O–H groups in total. The van der Waals surface area contributed by atoms with Gasteiger partial charge in [-0.3, -0.25) is 9.59 Å². The van der Waals surface area contributed by atoms with Crippen LogP contribution in [0.15, 0.2) is 36.5 Å². The van der Waals surface area contributed by atoms with Gasteiger partial charge < -0.3 is 20.3 Å². The van der Waals surface area contributed by atoms with Crippen LogP contribution in [0.5, 0.6) is 0 Å². The van der Waals surface area contributed by atoms with Crippen LogP contribution in [-0.2, 0) is 14.3 Å². The first-order valence-electron chi connectivity index (χ1n) is 24.7. The van der Waals surface area contributed by atoms with E-state index < -0.39 is 18.2 Å². The molecule has 0 aromatic heterocycles. The summed E-state index contributed by atoms with van der Waals surface area (Å²) in [4.78, 5) is 26.0. The molecule has 0 aliphatic rings. The lowest BCUT2D eigenvalue weighted by Gasteiger charge is -2.24. The largest absolute Gasteiger partial charge is 0.462 e. The summed E-state index contributed by atoms with van der Waals surface area (Å²) < 4.78 is 5.89. The molecule has 3 unspecified atom stereocenters. The van der Waals surface area contributed by atoms with Crippen LogP contribution in [0.25, 0.3) is 0 Å². The average molecular weight is 802 g/mol. The number of allylic oxidation sites excluding steroid dienone is 6. The fraction of sp³-hybridized carbons (Fsp3) is 0.843. The van der Waals surface area contributed by atoms with Gasteiger partial charge in [0.2, 0.25) is 5.91 Å². The van der Waals surface area contributed by atoms with Crippen molar-refractivity contribution in [3.05, 3.63) is 36.5 Å². The van der Waals surface area contributed by atoms with Crippen LogP contribution in [0.2, 0.25) is 0 Å². The minimum Gasteiger partial charge on any atom is -0.462 e. The van der Waals surface area contributed by atoms with Gasteiger partial charge >= 0.3 is 5.97 Å². The van der Waals surface area contributed by atoms with Crippen LogP contribution in [0.1, 0.15) is 252 Å². The molecule has 0 radical (unpaired) electrons. The molecule has 0 spiro atoms. The van der Waals surface area contributed by atoms with Crippen molar-refractivity contribution in [1.82, 2.24) is 5.32 Å². The zero-order valence-electron chi connectivity index (χ0n) is 38.0. The van der Waals surface area contributed by atoms with E-state index in [0.717, 1.165) is 77.0 Å². The van der Waals surface area contributed by atoms with Crippen molar-refractivity contribution in [2.75, 3.05) is 6.61 Å². The van der Waals surface area contributed by atoms with Gasteiger partial charge in [-0.05, 0) is 44.9 Å². The molecule has 0 aliphatic heterocycles. The normalized spacial score (nSPS) is 13.6. The highest BCUT2D eigenvalue weighted by atomic mass is 16.5. The second-order valence-corrected chi connectivity index (χ2v) is 16.9. The van der Waals surface area contributed by atoms with Gasteiger partial charge in [-0.15, -0.1) is 0 Å². The third kappa shape index (κ3) is 40.6. The van der Waals surface area contributed by atoms with Gasteiger partial charge in [0, 0.05) is 6.42 Å². The molecule has 0 fully saturated rings. The summed E-state index contributed by atoms with van der Waals surface area (Å²) >= 11 is 0. The zero-order valence-corrected chi connectivity index (χ0v) is 38.0. The van der Waals surface area contributed by atoms with Crippen molar-refractivity contribution >= 4 is 11.9 Å². The molecule has 334 valence electrons. The summed E-state index contributed by atoms with van der Waals surface area (Å²) in [6, 6.07) is -0.701. The van der Waals surface area contributed by atoms with Crippen LogP contribution in [0, 0.1) is 0 Å². The molecule has 6 heteroatoms. The standard InChI is InChI=1S/C51H95NO5/c1-4-7-10-13-16-19-21-23-24-25-26-28-29-31-34-37-40-43-49(54)48(46-53)52-50(55)45-47(42-39-36-33-18-15-12-9-6-3)57-51(56)44-41-38-35-32-30-27-22-20-17-14-11-8-5-2/h8,11,14,17,20,22,47-49,53-54H,4-7,9-10,12-13,15-16,18-19,21,23-46H2,1-3H3,(H,52,55)/b11-8+,17-14+,22-20-. The molecule has 0 saturated carbocycles. The maximum atomic E-state index is 13.1. The smallest absolute Gasteiger partial charge is 0.306 e. The van der Waals surface area contributed by atoms with Gasteiger partial charge in [-0.1, -0.05) is 231 Å². The fourth-order valence-corrected chi connectivity index (χ4v) is 7.55. The maximum Gasteiger partial charge on any atom is 0.306 e. The number of aliphatic hydroxyl groups excluding tert-OH is 2. The topological polar surface area (TPSA) is 95.9 Å². The van der Waals surface area contributed by atoms with Gasteiger partial charge in [-0.25, -0.2) is 0 Å². The van der Waals surface area contributed by atoms with Crippen LogP contribution in [0.3, 0.4) is 0 Å². The Kier molecular flexibility index (Phi) is 43.6. The molecule has 0 aromatic rings. The summed E-state index contributed by atoms with van der Waals surface area (Å²) in [6.45, 7) is 6.33. The maximum absolute atomic E-state index is 13.1. The predicted octanol–water partition coefficient (Wildman–Crippen LogP) is 14.5. The molecular weight excluding hydrogens is 707 g/mol. The van der Waals surface area contributed by atoms with Crippen LogP contribution in [-0.4, -0.2) is 46.9 Å².